The number of aryl methyl sites for hydroxylation is 2. The zero-order chi connectivity index (χ0) is 7.84. The third-order valence-corrected chi connectivity index (χ3v) is 1.52. The van der Waals surface area contributed by atoms with Crippen molar-refractivity contribution in [3.05, 3.63) is 23.8 Å². The van der Waals surface area contributed by atoms with E-state index < -0.39 is 0 Å². The third-order valence-electron chi connectivity index (χ3n) is 1.52. The SMILES string of the molecule is Cc1cc2oc(C)nc2cn1. The van der Waals surface area contributed by atoms with Crippen molar-refractivity contribution in [2.45, 2.75) is 13.8 Å². The lowest BCUT2D eigenvalue weighted by molar-refractivity contribution is 0.560. The highest BCUT2D eigenvalue weighted by molar-refractivity contribution is 5.71. The standard InChI is InChI=1S/C8H8N2O/c1-5-3-8-7(4-9-5)10-6(2)11-8/h3-4H,1-2H3. The topological polar surface area (TPSA) is 38.9 Å². The van der Waals surface area contributed by atoms with E-state index in [0.29, 0.717) is 5.89 Å². The van der Waals surface area contributed by atoms with Gasteiger partial charge in [0.05, 0.1) is 6.20 Å². The largest absolute Gasteiger partial charge is 0.441 e. The Morgan fingerprint density at radius 1 is 1.36 bits per heavy atom. The third kappa shape index (κ3) is 0.981. The van der Waals surface area contributed by atoms with Crippen molar-refractivity contribution in [2.24, 2.45) is 0 Å². The van der Waals surface area contributed by atoms with E-state index in [1.165, 1.54) is 0 Å². The van der Waals surface area contributed by atoms with Crippen molar-refractivity contribution in [3.63, 3.8) is 0 Å². The molecule has 0 aliphatic rings. The quantitative estimate of drug-likeness (QED) is 0.572. The summed E-state index contributed by atoms with van der Waals surface area (Å²) in [5.74, 6) is 0.687. The first kappa shape index (κ1) is 6.34. The fourth-order valence-electron chi connectivity index (χ4n) is 1.04. The van der Waals surface area contributed by atoms with Gasteiger partial charge < -0.3 is 4.42 Å². The minimum atomic E-state index is 0.687. The van der Waals surface area contributed by atoms with Crippen LogP contribution in [0.5, 0.6) is 0 Å². The van der Waals surface area contributed by atoms with Gasteiger partial charge in [-0.15, -0.1) is 0 Å². The summed E-state index contributed by atoms with van der Waals surface area (Å²) in [7, 11) is 0. The predicted octanol–water partition coefficient (Wildman–Crippen LogP) is 1.84. The molecule has 0 aliphatic carbocycles. The highest BCUT2D eigenvalue weighted by Gasteiger charge is 2.00. The second-order valence-corrected chi connectivity index (χ2v) is 2.53. The maximum atomic E-state index is 5.30. The van der Waals surface area contributed by atoms with Crippen LogP contribution >= 0.6 is 0 Å². The minimum absolute atomic E-state index is 0.687. The van der Waals surface area contributed by atoms with Crippen LogP contribution in [0.15, 0.2) is 16.7 Å². The van der Waals surface area contributed by atoms with Crippen LogP contribution in [0.25, 0.3) is 11.1 Å². The maximum Gasteiger partial charge on any atom is 0.192 e. The predicted molar refractivity (Wildman–Crippen MR) is 41.3 cm³/mol. The molecule has 0 spiro atoms. The van der Waals surface area contributed by atoms with Crippen LogP contribution < -0.4 is 0 Å². The molecule has 0 fully saturated rings. The molecule has 0 saturated heterocycles. The lowest BCUT2D eigenvalue weighted by atomic mass is 10.3. The summed E-state index contributed by atoms with van der Waals surface area (Å²) >= 11 is 0. The first-order valence-corrected chi connectivity index (χ1v) is 3.45. The number of pyridine rings is 1. The summed E-state index contributed by atoms with van der Waals surface area (Å²) in [5, 5.41) is 0. The molecular formula is C8H8N2O. The molecule has 2 aromatic heterocycles. The van der Waals surface area contributed by atoms with Gasteiger partial charge in [-0.05, 0) is 6.92 Å². The second-order valence-electron chi connectivity index (χ2n) is 2.53. The van der Waals surface area contributed by atoms with Crippen LogP contribution in [-0.4, -0.2) is 9.97 Å². The van der Waals surface area contributed by atoms with Crippen molar-refractivity contribution in [1.82, 2.24) is 9.97 Å². The van der Waals surface area contributed by atoms with Crippen LogP contribution in [0, 0.1) is 13.8 Å². The molecule has 0 saturated carbocycles. The normalized spacial score (nSPS) is 10.7. The van der Waals surface area contributed by atoms with Crippen LogP contribution in [0.2, 0.25) is 0 Å². The Balaban J connectivity index is 2.82. The Hall–Kier alpha value is -1.38. The van der Waals surface area contributed by atoms with E-state index in [0.717, 1.165) is 16.8 Å². The number of hydrogen-bond donors (Lipinski definition) is 0. The maximum absolute atomic E-state index is 5.30. The van der Waals surface area contributed by atoms with Gasteiger partial charge in [0.1, 0.15) is 5.52 Å². The number of oxazole rings is 1. The van der Waals surface area contributed by atoms with Gasteiger partial charge in [0.2, 0.25) is 0 Å². The van der Waals surface area contributed by atoms with Crippen LogP contribution in [-0.2, 0) is 0 Å². The molecule has 56 valence electrons. The van der Waals surface area contributed by atoms with Crippen molar-refractivity contribution in [3.8, 4) is 0 Å². The van der Waals surface area contributed by atoms with Crippen molar-refractivity contribution in [2.75, 3.05) is 0 Å². The van der Waals surface area contributed by atoms with Gasteiger partial charge in [0.25, 0.3) is 0 Å². The fourth-order valence-corrected chi connectivity index (χ4v) is 1.04. The minimum Gasteiger partial charge on any atom is -0.441 e. The lowest BCUT2D eigenvalue weighted by Gasteiger charge is -1.87. The zero-order valence-electron chi connectivity index (χ0n) is 6.46. The molecule has 0 N–H and O–H groups in total. The van der Waals surface area contributed by atoms with Gasteiger partial charge in [-0.2, -0.15) is 0 Å². The van der Waals surface area contributed by atoms with Gasteiger partial charge >= 0.3 is 0 Å². The summed E-state index contributed by atoms with van der Waals surface area (Å²) in [4.78, 5) is 8.22. The van der Waals surface area contributed by atoms with E-state index in [2.05, 4.69) is 9.97 Å². The Labute approximate surface area is 64.1 Å². The van der Waals surface area contributed by atoms with Crippen LogP contribution in [0.4, 0.5) is 0 Å². The first-order valence-electron chi connectivity index (χ1n) is 3.45. The summed E-state index contributed by atoms with van der Waals surface area (Å²) in [6.45, 7) is 3.76. The van der Waals surface area contributed by atoms with Gasteiger partial charge in [0, 0.05) is 18.7 Å². The van der Waals surface area contributed by atoms with Crippen molar-refractivity contribution in [1.29, 1.82) is 0 Å². The summed E-state index contributed by atoms with van der Waals surface area (Å²) in [5.41, 5.74) is 2.59. The fraction of sp³-hybridized carbons (Fsp3) is 0.250. The average Bonchev–Trinajstić information content (AvgIpc) is 2.27. The highest BCUT2D eigenvalue weighted by atomic mass is 16.3. The van der Waals surface area contributed by atoms with E-state index in [4.69, 9.17) is 4.42 Å². The molecular weight excluding hydrogens is 140 g/mol. The Bertz CT molecular complexity index is 392. The lowest BCUT2D eigenvalue weighted by Crippen LogP contribution is -1.77. The van der Waals surface area contributed by atoms with Gasteiger partial charge in [-0.3, -0.25) is 4.98 Å². The number of rotatable bonds is 0. The molecule has 0 aliphatic heterocycles. The molecule has 0 aromatic carbocycles. The van der Waals surface area contributed by atoms with E-state index in [1.807, 2.05) is 19.9 Å². The van der Waals surface area contributed by atoms with Crippen molar-refractivity contribution < 1.29 is 4.42 Å². The number of nitrogens with zero attached hydrogens (tertiary/aromatic N) is 2. The smallest absolute Gasteiger partial charge is 0.192 e. The van der Waals surface area contributed by atoms with Crippen LogP contribution in [0.3, 0.4) is 0 Å². The zero-order valence-corrected chi connectivity index (χ0v) is 6.46. The van der Waals surface area contributed by atoms with E-state index in [1.54, 1.807) is 6.20 Å². The Kier molecular flexibility index (Phi) is 1.18. The van der Waals surface area contributed by atoms with E-state index >= 15 is 0 Å². The molecule has 3 nitrogen and oxygen atoms in total. The number of fused-ring (bicyclic) bond motifs is 1. The Morgan fingerprint density at radius 3 is 3.00 bits per heavy atom. The molecule has 2 aromatic rings. The highest BCUT2D eigenvalue weighted by Crippen LogP contribution is 2.13. The van der Waals surface area contributed by atoms with E-state index in [-0.39, 0.29) is 0 Å². The number of hydrogen-bond acceptors (Lipinski definition) is 3. The molecule has 0 bridgehead atoms. The summed E-state index contributed by atoms with van der Waals surface area (Å²) in [6.07, 6.45) is 1.72. The first-order chi connectivity index (χ1) is 5.25. The second kappa shape index (κ2) is 2.05. The van der Waals surface area contributed by atoms with E-state index in [9.17, 15) is 0 Å². The van der Waals surface area contributed by atoms with Crippen LogP contribution in [0.1, 0.15) is 11.6 Å². The molecule has 0 atom stereocenters. The summed E-state index contributed by atoms with van der Waals surface area (Å²) < 4.78 is 5.30. The molecule has 2 heterocycles. The van der Waals surface area contributed by atoms with Gasteiger partial charge in [-0.25, -0.2) is 4.98 Å². The summed E-state index contributed by atoms with van der Waals surface area (Å²) in [6, 6.07) is 1.88. The monoisotopic (exact) mass is 148 g/mol. The molecule has 11 heavy (non-hydrogen) atoms. The molecule has 3 heteroatoms. The average molecular weight is 148 g/mol. The molecule has 0 unspecified atom stereocenters. The molecule has 0 radical (unpaired) electrons. The molecule has 0 amide bonds. The van der Waals surface area contributed by atoms with Gasteiger partial charge in [0.15, 0.2) is 11.5 Å². The molecule has 2 rings (SSSR count). The number of aromatic nitrogens is 2. The Morgan fingerprint density at radius 2 is 2.18 bits per heavy atom. The van der Waals surface area contributed by atoms with Crippen molar-refractivity contribution >= 4 is 11.1 Å². The van der Waals surface area contributed by atoms with Gasteiger partial charge in [-0.1, -0.05) is 0 Å².